The number of methoxy groups -OCH3 is 1. The number of benzene rings is 2. The number of aromatic nitrogens is 2. The fourth-order valence-electron chi connectivity index (χ4n) is 3.30. The fourth-order valence-corrected chi connectivity index (χ4v) is 3.30. The molecule has 4 rings (SSSR count). The second kappa shape index (κ2) is 8.29. The predicted molar refractivity (Wildman–Crippen MR) is 107 cm³/mol. The van der Waals surface area contributed by atoms with Gasteiger partial charge in [0.25, 0.3) is 0 Å². The molecule has 3 aromatic rings. The minimum atomic E-state index is -0.984. The second-order valence-electron chi connectivity index (χ2n) is 6.52. The van der Waals surface area contributed by atoms with E-state index >= 15 is 0 Å². The van der Waals surface area contributed by atoms with E-state index in [-0.39, 0.29) is 17.5 Å². The summed E-state index contributed by atoms with van der Waals surface area (Å²) < 4.78 is 19.0. The van der Waals surface area contributed by atoms with Crippen molar-refractivity contribution in [1.82, 2.24) is 9.97 Å². The van der Waals surface area contributed by atoms with Crippen LogP contribution in [0.4, 0.5) is 27.4 Å². The van der Waals surface area contributed by atoms with E-state index in [0.717, 1.165) is 24.1 Å². The Bertz CT molecular complexity index is 1070. The molecule has 2 aromatic carbocycles. The molecule has 1 N–H and O–H groups in total. The summed E-state index contributed by atoms with van der Waals surface area (Å²) in [5.41, 5.74) is 0.635. The maximum absolute atomic E-state index is 13.9. The van der Waals surface area contributed by atoms with Crippen LogP contribution in [0.2, 0.25) is 0 Å². The van der Waals surface area contributed by atoms with Gasteiger partial charge in [-0.15, -0.1) is 0 Å². The Kier molecular flexibility index (Phi) is 5.40. The van der Waals surface area contributed by atoms with Gasteiger partial charge in [-0.25, -0.2) is 15.0 Å². The van der Waals surface area contributed by atoms with E-state index in [9.17, 15) is 14.5 Å². The zero-order chi connectivity index (χ0) is 21.1. The van der Waals surface area contributed by atoms with Crippen molar-refractivity contribution in [2.75, 3.05) is 24.1 Å². The van der Waals surface area contributed by atoms with Gasteiger partial charge in [0.2, 0.25) is 5.82 Å². The molecule has 0 spiro atoms. The summed E-state index contributed by atoms with van der Waals surface area (Å²) in [5.74, 6) is -0.00394. The lowest BCUT2D eigenvalue weighted by atomic mass is 10.0. The van der Waals surface area contributed by atoms with Gasteiger partial charge in [-0.05, 0) is 5.56 Å². The van der Waals surface area contributed by atoms with Crippen molar-refractivity contribution in [3.63, 3.8) is 0 Å². The first-order valence-corrected chi connectivity index (χ1v) is 9.15. The van der Waals surface area contributed by atoms with Crippen LogP contribution in [0.1, 0.15) is 18.0 Å². The molecule has 30 heavy (non-hydrogen) atoms. The number of hydroxylamine groups is 1. The molecule has 10 heteroatoms. The largest absolute Gasteiger partial charge is 0.494 e. The van der Waals surface area contributed by atoms with Crippen LogP contribution >= 0.6 is 0 Å². The van der Waals surface area contributed by atoms with Gasteiger partial charge in [0.15, 0.2) is 5.82 Å². The molecule has 0 saturated carbocycles. The van der Waals surface area contributed by atoms with Gasteiger partial charge in [-0.2, -0.15) is 4.39 Å². The van der Waals surface area contributed by atoms with Gasteiger partial charge in [-0.3, -0.25) is 15.0 Å². The molecule has 0 amide bonds. The predicted octanol–water partition coefficient (Wildman–Crippen LogP) is 4.16. The number of anilines is 3. The van der Waals surface area contributed by atoms with Crippen molar-refractivity contribution in [1.29, 1.82) is 0 Å². The maximum Gasteiger partial charge on any atom is 0.307 e. The number of nitrogens with zero attached hydrogens (tertiary/aromatic N) is 4. The number of hydrogen-bond donors (Lipinski definition) is 1. The number of hydrogen-bond acceptors (Lipinski definition) is 8. The smallest absolute Gasteiger partial charge is 0.307 e. The Morgan fingerprint density at radius 1 is 1.27 bits per heavy atom. The molecule has 0 radical (unpaired) electrons. The first kappa shape index (κ1) is 19.5. The van der Waals surface area contributed by atoms with Crippen molar-refractivity contribution in [3.05, 3.63) is 76.4 Å². The normalized spacial score (nSPS) is 15.8. The van der Waals surface area contributed by atoms with Crippen molar-refractivity contribution in [3.8, 4) is 5.75 Å². The molecule has 0 bridgehead atoms. The Balaban J connectivity index is 1.63. The summed E-state index contributed by atoms with van der Waals surface area (Å²) in [7, 11) is 1.35. The summed E-state index contributed by atoms with van der Waals surface area (Å²) in [4.78, 5) is 24.5. The SMILES string of the molecule is COc1cc(F)c([N+](=O)[O-])cc1Nc1cc(N2OCCC2c2ccccc2)ncn1. The Morgan fingerprint density at radius 3 is 2.80 bits per heavy atom. The Hall–Kier alpha value is -3.79. The number of ether oxygens (including phenoxy) is 1. The molecule has 2 heterocycles. The third kappa shape index (κ3) is 3.85. The molecular formula is C20H18FN5O4. The van der Waals surface area contributed by atoms with Crippen molar-refractivity contribution < 1.29 is 18.9 Å². The standard InChI is InChI=1S/C20H18FN5O4/c1-29-18-9-14(21)17(26(27)28)10-15(18)24-19-11-20(23-12-22-19)25-16(7-8-30-25)13-5-3-2-4-6-13/h2-6,9-12,16H,7-8H2,1H3,(H,22,23,24). The number of nitro benzene ring substituents is 1. The molecule has 1 aromatic heterocycles. The van der Waals surface area contributed by atoms with E-state index in [1.54, 1.807) is 11.1 Å². The van der Waals surface area contributed by atoms with Crippen molar-refractivity contribution >= 4 is 23.0 Å². The maximum atomic E-state index is 13.9. The van der Waals surface area contributed by atoms with Crippen LogP contribution < -0.4 is 15.1 Å². The topological polar surface area (TPSA) is 103 Å². The van der Waals surface area contributed by atoms with Gasteiger partial charge >= 0.3 is 5.69 Å². The van der Waals surface area contributed by atoms with Crippen molar-refractivity contribution in [2.24, 2.45) is 0 Å². The highest BCUT2D eigenvalue weighted by atomic mass is 19.1. The summed E-state index contributed by atoms with van der Waals surface area (Å²) in [5, 5.41) is 15.7. The third-order valence-corrected chi connectivity index (χ3v) is 4.70. The van der Waals surface area contributed by atoms with E-state index in [1.165, 1.54) is 13.4 Å². The van der Waals surface area contributed by atoms with Crippen LogP contribution in [0.25, 0.3) is 0 Å². The number of halogens is 1. The number of nitro groups is 1. The van der Waals surface area contributed by atoms with E-state index < -0.39 is 16.4 Å². The quantitative estimate of drug-likeness (QED) is 0.476. The number of nitrogens with one attached hydrogen (secondary N) is 1. The van der Waals surface area contributed by atoms with Crippen LogP contribution in [0.5, 0.6) is 5.75 Å². The van der Waals surface area contributed by atoms with E-state index in [1.807, 2.05) is 30.3 Å². The average molecular weight is 411 g/mol. The highest BCUT2D eigenvalue weighted by molar-refractivity contribution is 5.69. The molecule has 1 saturated heterocycles. The monoisotopic (exact) mass is 411 g/mol. The third-order valence-electron chi connectivity index (χ3n) is 4.70. The molecule has 1 aliphatic heterocycles. The van der Waals surface area contributed by atoms with Crippen LogP contribution in [-0.4, -0.2) is 28.6 Å². The van der Waals surface area contributed by atoms with Gasteiger partial charge < -0.3 is 10.1 Å². The molecule has 1 fully saturated rings. The van der Waals surface area contributed by atoms with Gasteiger partial charge in [0, 0.05) is 24.6 Å². The van der Waals surface area contributed by atoms with Gasteiger partial charge in [-0.1, -0.05) is 30.3 Å². The van der Waals surface area contributed by atoms with Crippen molar-refractivity contribution in [2.45, 2.75) is 12.5 Å². The highest BCUT2D eigenvalue weighted by Gasteiger charge is 2.29. The molecule has 9 nitrogen and oxygen atoms in total. The van der Waals surface area contributed by atoms with E-state index in [4.69, 9.17) is 9.57 Å². The summed E-state index contributed by atoms with van der Waals surface area (Å²) in [6, 6.07) is 13.6. The molecule has 0 aliphatic carbocycles. The first-order chi connectivity index (χ1) is 14.6. The highest BCUT2D eigenvalue weighted by Crippen LogP contribution is 2.36. The fraction of sp³-hybridized carbons (Fsp3) is 0.200. The average Bonchev–Trinajstić information content (AvgIpc) is 3.25. The Labute approximate surface area is 171 Å². The van der Waals surface area contributed by atoms with E-state index in [2.05, 4.69) is 15.3 Å². The lowest BCUT2D eigenvalue weighted by molar-refractivity contribution is -0.387. The van der Waals surface area contributed by atoms with Crippen LogP contribution in [0, 0.1) is 15.9 Å². The summed E-state index contributed by atoms with van der Waals surface area (Å²) in [6.45, 7) is 0.546. The minimum Gasteiger partial charge on any atom is -0.494 e. The first-order valence-electron chi connectivity index (χ1n) is 9.15. The summed E-state index contributed by atoms with van der Waals surface area (Å²) in [6.07, 6.45) is 2.15. The lowest BCUT2D eigenvalue weighted by Crippen LogP contribution is -2.22. The zero-order valence-corrected chi connectivity index (χ0v) is 16.0. The Morgan fingerprint density at radius 2 is 2.07 bits per heavy atom. The zero-order valence-electron chi connectivity index (χ0n) is 16.0. The van der Waals surface area contributed by atoms with Gasteiger partial charge in [0.1, 0.15) is 17.9 Å². The molecule has 1 aliphatic rings. The minimum absolute atomic E-state index is 0.00426. The molecular weight excluding hydrogens is 393 g/mol. The van der Waals surface area contributed by atoms with Crippen LogP contribution in [0.3, 0.4) is 0 Å². The van der Waals surface area contributed by atoms with Gasteiger partial charge in [0.05, 0.1) is 30.4 Å². The molecule has 1 unspecified atom stereocenters. The lowest BCUT2D eigenvalue weighted by Gasteiger charge is -2.24. The van der Waals surface area contributed by atoms with Crippen LogP contribution in [-0.2, 0) is 4.84 Å². The summed E-state index contributed by atoms with van der Waals surface area (Å²) >= 11 is 0. The second-order valence-corrected chi connectivity index (χ2v) is 6.52. The number of rotatable bonds is 6. The van der Waals surface area contributed by atoms with E-state index in [0.29, 0.717) is 18.2 Å². The molecule has 154 valence electrons. The molecule has 1 atom stereocenters. The van der Waals surface area contributed by atoms with Crippen LogP contribution in [0.15, 0.2) is 54.9 Å².